The molecule has 2 aromatic rings. The van der Waals surface area contributed by atoms with Gasteiger partial charge in [-0.3, -0.25) is 0 Å². The SMILES string of the molecule is O=S(=O)(c1ccc(Cl)cc1)[C@H]1[C@H](CO)[C@@H]1c1ccc(F)cc1. The molecule has 0 amide bonds. The molecule has 22 heavy (non-hydrogen) atoms. The van der Waals surface area contributed by atoms with Gasteiger partial charge in [0, 0.05) is 23.5 Å². The summed E-state index contributed by atoms with van der Waals surface area (Å²) >= 11 is 5.78. The zero-order chi connectivity index (χ0) is 15.9. The molecule has 1 fully saturated rings. The van der Waals surface area contributed by atoms with Crippen molar-refractivity contribution < 1.29 is 17.9 Å². The van der Waals surface area contributed by atoms with Crippen LogP contribution in [0.1, 0.15) is 11.5 Å². The van der Waals surface area contributed by atoms with E-state index in [9.17, 15) is 17.9 Å². The molecule has 1 aliphatic rings. The highest BCUT2D eigenvalue weighted by molar-refractivity contribution is 7.92. The summed E-state index contributed by atoms with van der Waals surface area (Å²) in [5.74, 6) is -1.06. The Morgan fingerprint density at radius 3 is 2.18 bits per heavy atom. The lowest BCUT2D eigenvalue weighted by Gasteiger charge is -2.04. The van der Waals surface area contributed by atoms with E-state index in [2.05, 4.69) is 0 Å². The third-order valence-corrected chi connectivity index (χ3v) is 6.60. The first-order valence-corrected chi connectivity index (χ1v) is 8.73. The third-order valence-electron chi connectivity index (χ3n) is 4.06. The highest BCUT2D eigenvalue weighted by Crippen LogP contribution is 2.53. The van der Waals surface area contributed by atoms with Gasteiger partial charge in [-0.2, -0.15) is 0 Å². The zero-order valence-corrected chi connectivity index (χ0v) is 13.1. The summed E-state index contributed by atoms with van der Waals surface area (Å²) in [5, 5.41) is 9.23. The minimum Gasteiger partial charge on any atom is -0.396 e. The molecule has 0 radical (unpaired) electrons. The number of hydrogen-bond acceptors (Lipinski definition) is 3. The van der Waals surface area contributed by atoms with E-state index in [0.717, 1.165) is 5.56 Å². The largest absolute Gasteiger partial charge is 0.396 e. The summed E-state index contributed by atoms with van der Waals surface area (Å²) in [6.07, 6.45) is 0. The van der Waals surface area contributed by atoms with Crippen molar-refractivity contribution in [1.29, 1.82) is 0 Å². The fraction of sp³-hybridized carbons (Fsp3) is 0.250. The van der Waals surface area contributed by atoms with Crippen LogP contribution < -0.4 is 0 Å². The van der Waals surface area contributed by atoms with Crippen LogP contribution in [-0.4, -0.2) is 25.4 Å². The molecule has 0 heterocycles. The minimum atomic E-state index is -3.56. The molecule has 0 aliphatic heterocycles. The topological polar surface area (TPSA) is 54.4 Å². The average Bonchev–Trinajstić information content (AvgIpc) is 3.24. The normalized spacial score (nSPS) is 24.2. The van der Waals surface area contributed by atoms with Gasteiger partial charge in [0.2, 0.25) is 0 Å². The Balaban J connectivity index is 1.93. The molecule has 0 saturated heterocycles. The summed E-state index contributed by atoms with van der Waals surface area (Å²) in [4.78, 5) is 0.185. The summed E-state index contributed by atoms with van der Waals surface area (Å²) < 4.78 is 38.4. The Hall–Kier alpha value is -1.43. The van der Waals surface area contributed by atoms with Gasteiger partial charge in [-0.05, 0) is 42.0 Å². The van der Waals surface area contributed by atoms with E-state index in [1.54, 1.807) is 12.1 Å². The molecule has 0 spiro atoms. The molecule has 3 nitrogen and oxygen atoms in total. The van der Waals surface area contributed by atoms with Crippen molar-refractivity contribution in [3.63, 3.8) is 0 Å². The van der Waals surface area contributed by atoms with E-state index in [1.807, 2.05) is 0 Å². The summed E-state index contributed by atoms with van der Waals surface area (Å²) in [5.41, 5.74) is 0.725. The number of aliphatic hydroxyl groups excluding tert-OH is 1. The van der Waals surface area contributed by atoms with Crippen molar-refractivity contribution in [3.8, 4) is 0 Å². The zero-order valence-electron chi connectivity index (χ0n) is 11.5. The number of benzene rings is 2. The van der Waals surface area contributed by atoms with Crippen LogP contribution in [0, 0.1) is 11.7 Å². The van der Waals surface area contributed by atoms with Gasteiger partial charge in [-0.1, -0.05) is 23.7 Å². The maximum Gasteiger partial charge on any atom is 0.182 e. The Bertz CT molecular complexity index is 772. The average molecular weight is 341 g/mol. The van der Waals surface area contributed by atoms with E-state index >= 15 is 0 Å². The molecule has 6 heteroatoms. The summed E-state index contributed by atoms with van der Waals surface area (Å²) in [7, 11) is -3.56. The van der Waals surface area contributed by atoms with Crippen LogP contribution in [0.3, 0.4) is 0 Å². The number of hydrogen-bond donors (Lipinski definition) is 1. The first-order valence-electron chi connectivity index (χ1n) is 6.81. The Morgan fingerprint density at radius 2 is 1.64 bits per heavy atom. The molecule has 2 aromatic carbocycles. The van der Waals surface area contributed by atoms with Gasteiger partial charge < -0.3 is 5.11 Å². The van der Waals surface area contributed by atoms with Crippen molar-refractivity contribution in [3.05, 3.63) is 64.9 Å². The lowest BCUT2D eigenvalue weighted by molar-refractivity contribution is 0.274. The predicted molar refractivity (Wildman–Crippen MR) is 82.1 cm³/mol. The van der Waals surface area contributed by atoms with Crippen LogP contribution in [0.4, 0.5) is 4.39 Å². The van der Waals surface area contributed by atoms with E-state index in [0.29, 0.717) is 5.02 Å². The summed E-state index contributed by atoms with van der Waals surface area (Å²) in [6, 6.07) is 11.7. The lowest BCUT2D eigenvalue weighted by Crippen LogP contribution is -2.11. The van der Waals surface area contributed by atoms with Crippen molar-refractivity contribution in [2.24, 2.45) is 5.92 Å². The number of halogens is 2. The second-order valence-electron chi connectivity index (χ2n) is 5.39. The van der Waals surface area contributed by atoms with Crippen molar-refractivity contribution in [2.45, 2.75) is 16.1 Å². The molecular formula is C16H14ClFO3S. The highest BCUT2D eigenvalue weighted by atomic mass is 35.5. The van der Waals surface area contributed by atoms with Gasteiger partial charge in [-0.25, -0.2) is 12.8 Å². The van der Waals surface area contributed by atoms with Gasteiger partial charge in [0.25, 0.3) is 0 Å². The van der Waals surface area contributed by atoms with Gasteiger partial charge in [-0.15, -0.1) is 0 Å². The van der Waals surface area contributed by atoms with E-state index in [-0.39, 0.29) is 29.2 Å². The molecule has 1 saturated carbocycles. The van der Waals surface area contributed by atoms with Gasteiger partial charge in [0.05, 0.1) is 10.1 Å². The van der Waals surface area contributed by atoms with Gasteiger partial charge in [0.1, 0.15) is 5.82 Å². The van der Waals surface area contributed by atoms with Crippen LogP contribution in [0.2, 0.25) is 5.02 Å². The lowest BCUT2D eigenvalue weighted by atomic mass is 10.1. The number of sulfone groups is 1. The Kier molecular flexibility index (Phi) is 3.97. The Labute approximate surface area is 133 Å². The van der Waals surface area contributed by atoms with Crippen molar-refractivity contribution >= 4 is 21.4 Å². The third kappa shape index (κ3) is 2.64. The Morgan fingerprint density at radius 1 is 1.05 bits per heavy atom. The van der Waals surface area contributed by atoms with Crippen LogP contribution in [0.25, 0.3) is 0 Å². The smallest absolute Gasteiger partial charge is 0.182 e. The fourth-order valence-corrected chi connectivity index (χ4v) is 5.21. The van der Waals surface area contributed by atoms with Crippen LogP contribution in [-0.2, 0) is 9.84 Å². The van der Waals surface area contributed by atoms with E-state index in [4.69, 9.17) is 11.6 Å². The van der Waals surface area contributed by atoms with E-state index < -0.39 is 15.1 Å². The molecule has 0 unspecified atom stereocenters. The maximum atomic E-state index is 13.0. The van der Waals surface area contributed by atoms with E-state index in [1.165, 1.54) is 36.4 Å². The summed E-state index contributed by atoms with van der Waals surface area (Å²) in [6.45, 7) is -0.223. The molecule has 0 bridgehead atoms. The maximum absolute atomic E-state index is 13.0. The minimum absolute atomic E-state index is 0.185. The molecule has 1 N–H and O–H groups in total. The fourth-order valence-electron chi connectivity index (χ4n) is 2.89. The molecular weight excluding hydrogens is 327 g/mol. The quantitative estimate of drug-likeness (QED) is 0.930. The van der Waals surface area contributed by atoms with Crippen LogP contribution in [0.5, 0.6) is 0 Å². The number of aliphatic hydroxyl groups is 1. The highest BCUT2D eigenvalue weighted by Gasteiger charge is 2.58. The monoisotopic (exact) mass is 340 g/mol. The molecule has 0 aromatic heterocycles. The van der Waals surface area contributed by atoms with Gasteiger partial charge >= 0.3 is 0 Å². The first kappa shape index (κ1) is 15.5. The predicted octanol–water partition coefficient (Wildman–Crippen LogP) is 3.03. The second-order valence-corrected chi connectivity index (χ2v) is 7.93. The van der Waals surface area contributed by atoms with Crippen molar-refractivity contribution in [2.75, 3.05) is 6.61 Å². The molecule has 116 valence electrons. The van der Waals surface area contributed by atoms with Crippen LogP contribution in [0.15, 0.2) is 53.4 Å². The molecule has 3 atom stereocenters. The second kappa shape index (κ2) is 5.65. The molecule has 3 rings (SSSR count). The standard InChI is InChI=1S/C16H14ClFO3S/c17-11-3-7-13(8-4-11)22(20,21)16-14(9-19)15(16)10-1-5-12(18)6-2-10/h1-8,14-16,19H,9H2/t14-,15+,16+/m1/s1. The van der Waals surface area contributed by atoms with Gasteiger partial charge in [0.15, 0.2) is 9.84 Å². The molecule has 1 aliphatic carbocycles. The van der Waals surface area contributed by atoms with Crippen LogP contribution >= 0.6 is 11.6 Å². The first-order chi connectivity index (χ1) is 10.4. The number of rotatable bonds is 4. The van der Waals surface area contributed by atoms with Crippen molar-refractivity contribution in [1.82, 2.24) is 0 Å².